The minimum atomic E-state index is -2.78. The van der Waals surface area contributed by atoms with Gasteiger partial charge in [0.05, 0.1) is 0 Å². The van der Waals surface area contributed by atoms with Crippen molar-refractivity contribution < 1.29 is 4.57 Å². The first-order chi connectivity index (χ1) is 11.1. The van der Waals surface area contributed by atoms with Crippen LogP contribution >= 0.6 is 32.4 Å². The first-order valence-electron chi connectivity index (χ1n) is 7.31. The lowest BCUT2D eigenvalue weighted by Gasteiger charge is -2.20. The van der Waals surface area contributed by atoms with E-state index in [9.17, 15) is 4.57 Å². The lowest BCUT2D eigenvalue weighted by atomic mass is 10.2. The van der Waals surface area contributed by atoms with E-state index in [1.807, 2.05) is 78.9 Å². The van der Waals surface area contributed by atoms with Gasteiger partial charge < -0.3 is 4.57 Å². The Morgan fingerprint density at radius 1 is 0.696 bits per heavy atom. The molecule has 0 atom stereocenters. The van der Waals surface area contributed by atoms with Crippen molar-refractivity contribution in [2.75, 3.05) is 0 Å². The fourth-order valence-corrected chi connectivity index (χ4v) is 5.91. The van der Waals surface area contributed by atoms with Crippen LogP contribution in [0, 0.1) is 0 Å². The van der Waals surface area contributed by atoms with Crippen LogP contribution in [-0.4, -0.2) is 0 Å². The van der Waals surface area contributed by atoms with Crippen LogP contribution in [0.3, 0.4) is 0 Å². The summed E-state index contributed by atoms with van der Waals surface area (Å²) in [5.41, 5.74) is 0.955. The number of thiol groups is 2. The molecule has 0 fully saturated rings. The molecule has 0 spiro atoms. The van der Waals surface area contributed by atoms with E-state index >= 15 is 0 Å². The molecule has 0 saturated carbocycles. The maximum absolute atomic E-state index is 14.0. The smallest absolute Gasteiger partial charge is 0.147 e. The molecule has 116 valence electrons. The minimum absolute atomic E-state index is 0.439. The molecule has 0 amide bonds. The van der Waals surface area contributed by atoms with E-state index in [0.717, 1.165) is 26.0 Å². The van der Waals surface area contributed by atoms with Gasteiger partial charge in [0.1, 0.15) is 7.14 Å². The third-order valence-electron chi connectivity index (χ3n) is 3.84. The molecular formula is C19H17OPS2. The molecule has 0 saturated heterocycles. The van der Waals surface area contributed by atoms with Gasteiger partial charge in [-0.1, -0.05) is 72.8 Å². The van der Waals surface area contributed by atoms with E-state index in [1.54, 1.807) is 0 Å². The highest BCUT2D eigenvalue weighted by Gasteiger charge is 2.28. The number of hydrogen-bond acceptors (Lipinski definition) is 3. The lowest BCUT2D eigenvalue weighted by molar-refractivity contribution is 0.586. The summed E-state index contributed by atoms with van der Waals surface area (Å²) >= 11 is 8.98. The molecule has 0 aliphatic rings. The van der Waals surface area contributed by atoms with Crippen molar-refractivity contribution in [3.63, 3.8) is 0 Å². The van der Waals surface area contributed by atoms with Crippen molar-refractivity contribution in [2.24, 2.45) is 0 Å². The van der Waals surface area contributed by atoms with Gasteiger partial charge in [0, 0.05) is 26.6 Å². The van der Waals surface area contributed by atoms with Gasteiger partial charge in [0.25, 0.3) is 0 Å². The van der Waals surface area contributed by atoms with Crippen LogP contribution < -0.4 is 10.6 Å². The largest absolute Gasteiger partial charge is 0.313 e. The zero-order valence-corrected chi connectivity index (χ0v) is 15.1. The van der Waals surface area contributed by atoms with E-state index in [2.05, 4.69) is 25.3 Å². The van der Waals surface area contributed by atoms with Gasteiger partial charge in [-0.3, -0.25) is 0 Å². The molecule has 3 rings (SSSR count). The Hall–Kier alpha value is -1.41. The van der Waals surface area contributed by atoms with E-state index < -0.39 is 7.14 Å². The van der Waals surface area contributed by atoms with E-state index in [1.165, 1.54) is 0 Å². The van der Waals surface area contributed by atoms with Crippen molar-refractivity contribution >= 4 is 43.0 Å². The van der Waals surface area contributed by atoms with Gasteiger partial charge in [-0.25, -0.2) is 0 Å². The van der Waals surface area contributed by atoms with E-state index in [4.69, 9.17) is 0 Å². The third-order valence-corrected chi connectivity index (χ3v) is 7.97. The normalized spacial score (nSPS) is 11.4. The lowest BCUT2D eigenvalue weighted by Crippen LogP contribution is -2.17. The molecule has 0 bridgehead atoms. The Morgan fingerprint density at radius 2 is 1.22 bits per heavy atom. The summed E-state index contributed by atoms with van der Waals surface area (Å²) in [5, 5.41) is 1.73. The van der Waals surface area contributed by atoms with Crippen LogP contribution in [0.2, 0.25) is 0 Å². The zero-order chi connectivity index (χ0) is 16.3. The predicted octanol–water partition coefficient (Wildman–Crippen LogP) is 4.78. The Labute approximate surface area is 148 Å². The van der Waals surface area contributed by atoms with Crippen molar-refractivity contribution in [2.45, 2.75) is 16.0 Å². The van der Waals surface area contributed by atoms with E-state index in [0.29, 0.717) is 6.16 Å². The molecule has 1 nitrogen and oxygen atoms in total. The molecule has 0 N–H and O–H groups in total. The number of benzene rings is 3. The summed E-state index contributed by atoms with van der Waals surface area (Å²) in [7, 11) is -2.78. The van der Waals surface area contributed by atoms with Gasteiger partial charge >= 0.3 is 0 Å². The fraction of sp³-hybridized carbons (Fsp3) is 0.0526. The Balaban J connectivity index is 2.14. The second kappa shape index (κ2) is 7.00. The summed E-state index contributed by atoms with van der Waals surface area (Å²) in [6.07, 6.45) is 0.439. The highest BCUT2D eigenvalue weighted by Crippen LogP contribution is 2.48. The first-order valence-corrected chi connectivity index (χ1v) is 10.1. The molecule has 4 heteroatoms. The van der Waals surface area contributed by atoms with Gasteiger partial charge in [0.15, 0.2) is 0 Å². The Morgan fingerprint density at radius 3 is 1.74 bits per heavy atom. The summed E-state index contributed by atoms with van der Waals surface area (Å²) in [6, 6.07) is 25.2. The average Bonchev–Trinajstić information content (AvgIpc) is 2.60. The van der Waals surface area contributed by atoms with Crippen LogP contribution in [0.1, 0.15) is 5.56 Å². The highest BCUT2D eigenvalue weighted by molar-refractivity contribution is 7.83. The summed E-state index contributed by atoms with van der Waals surface area (Å²) in [5.74, 6) is 0. The third kappa shape index (κ3) is 3.42. The Kier molecular flexibility index (Phi) is 5.01. The first kappa shape index (κ1) is 16.4. The topological polar surface area (TPSA) is 17.1 Å². The SMILES string of the molecule is O=P(Cc1cccc(S)c1S)(c1ccccc1)c1ccccc1. The molecule has 0 aliphatic carbocycles. The van der Waals surface area contributed by atoms with Crippen molar-refractivity contribution in [3.05, 3.63) is 84.4 Å². The average molecular weight is 356 g/mol. The molecule has 23 heavy (non-hydrogen) atoms. The standard InChI is InChI=1S/C19H17OPS2/c20-21(16-9-3-1-4-10-16,17-11-5-2-6-12-17)14-15-8-7-13-18(22)19(15)23/h1-13,22-23H,14H2. The van der Waals surface area contributed by atoms with Crippen LogP contribution in [0.25, 0.3) is 0 Å². The molecular weight excluding hydrogens is 339 g/mol. The van der Waals surface area contributed by atoms with Crippen LogP contribution in [-0.2, 0) is 10.7 Å². The quantitative estimate of drug-likeness (QED) is 0.508. The molecule has 0 aliphatic heterocycles. The van der Waals surface area contributed by atoms with Crippen LogP contribution in [0.15, 0.2) is 88.7 Å². The number of rotatable bonds is 4. The summed E-state index contributed by atoms with van der Waals surface area (Å²) < 4.78 is 14.0. The van der Waals surface area contributed by atoms with E-state index in [-0.39, 0.29) is 0 Å². The zero-order valence-electron chi connectivity index (χ0n) is 12.5. The predicted molar refractivity (Wildman–Crippen MR) is 104 cm³/mol. The molecule has 0 radical (unpaired) electrons. The van der Waals surface area contributed by atoms with Gasteiger partial charge in [0.2, 0.25) is 0 Å². The van der Waals surface area contributed by atoms with Crippen molar-refractivity contribution in [1.82, 2.24) is 0 Å². The van der Waals surface area contributed by atoms with Crippen molar-refractivity contribution in [3.8, 4) is 0 Å². The second-order valence-corrected chi connectivity index (χ2v) is 9.11. The van der Waals surface area contributed by atoms with Crippen molar-refractivity contribution in [1.29, 1.82) is 0 Å². The van der Waals surface area contributed by atoms with Gasteiger partial charge in [-0.2, -0.15) is 0 Å². The van der Waals surface area contributed by atoms with Gasteiger partial charge in [-0.05, 0) is 11.6 Å². The molecule has 3 aromatic carbocycles. The van der Waals surface area contributed by atoms with Crippen LogP contribution in [0.4, 0.5) is 0 Å². The summed E-state index contributed by atoms with van der Waals surface area (Å²) in [4.78, 5) is 1.60. The van der Waals surface area contributed by atoms with Crippen LogP contribution in [0.5, 0.6) is 0 Å². The molecule has 0 unspecified atom stereocenters. The fourth-order valence-electron chi connectivity index (χ4n) is 2.61. The monoisotopic (exact) mass is 356 g/mol. The molecule has 3 aromatic rings. The highest BCUT2D eigenvalue weighted by atomic mass is 32.1. The minimum Gasteiger partial charge on any atom is -0.313 e. The Bertz CT molecular complexity index is 804. The summed E-state index contributed by atoms with van der Waals surface area (Å²) in [6.45, 7) is 0. The molecule has 0 aromatic heterocycles. The second-order valence-electron chi connectivity index (χ2n) is 5.35. The maximum atomic E-state index is 14.0. The molecule has 0 heterocycles. The number of hydrogen-bond donors (Lipinski definition) is 2. The maximum Gasteiger partial charge on any atom is 0.147 e. The van der Waals surface area contributed by atoms with Gasteiger partial charge in [-0.15, -0.1) is 25.3 Å².